The summed E-state index contributed by atoms with van der Waals surface area (Å²) in [5.74, 6) is 0. The molecule has 0 bridgehead atoms. The van der Waals surface area contributed by atoms with Gasteiger partial charge in [0.1, 0.15) is 0 Å². The molecule has 1 aromatic heterocycles. The zero-order valence-electron chi connectivity index (χ0n) is 13.7. The molecule has 0 radical (unpaired) electrons. The standard InChI is InChI=1S/C18H27N3/c1-5-6-19-18(11-17-12-20-21(4)13-17)10-16-8-14(2)7-15(3)9-16/h7-9,12-13,18-19H,5-6,10-11H2,1-4H3. The predicted molar refractivity (Wildman–Crippen MR) is 88.6 cm³/mol. The van der Waals surface area contributed by atoms with Crippen LogP contribution in [0, 0.1) is 13.8 Å². The molecule has 2 aromatic rings. The molecule has 3 heteroatoms. The predicted octanol–water partition coefficient (Wildman–Crippen LogP) is 3.19. The summed E-state index contributed by atoms with van der Waals surface area (Å²) in [7, 11) is 1.97. The number of aromatic nitrogens is 2. The van der Waals surface area contributed by atoms with Gasteiger partial charge in [0.15, 0.2) is 0 Å². The zero-order valence-corrected chi connectivity index (χ0v) is 13.7. The van der Waals surface area contributed by atoms with E-state index in [1.807, 2.05) is 17.9 Å². The first-order valence-corrected chi connectivity index (χ1v) is 7.85. The summed E-state index contributed by atoms with van der Waals surface area (Å²) < 4.78 is 1.88. The van der Waals surface area contributed by atoms with E-state index in [9.17, 15) is 0 Å². The van der Waals surface area contributed by atoms with E-state index in [1.54, 1.807) is 0 Å². The largest absolute Gasteiger partial charge is 0.313 e. The van der Waals surface area contributed by atoms with Gasteiger partial charge >= 0.3 is 0 Å². The van der Waals surface area contributed by atoms with E-state index in [0.717, 1.165) is 25.8 Å². The van der Waals surface area contributed by atoms with Crippen LogP contribution < -0.4 is 5.32 Å². The van der Waals surface area contributed by atoms with Crippen molar-refractivity contribution in [2.45, 2.75) is 46.1 Å². The Balaban J connectivity index is 2.07. The van der Waals surface area contributed by atoms with Crippen molar-refractivity contribution >= 4 is 0 Å². The Bertz CT molecular complexity index is 551. The van der Waals surface area contributed by atoms with Crippen LogP contribution in [0.25, 0.3) is 0 Å². The van der Waals surface area contributed by atoms with Crippen molar-refractivity contribution in [3.05, 3.63) is 52.8 Å². The molecule has 0 aliphatic carbocycles. The zero-order chi connectivity index (χ0) is 15.2. The SMILES string of the molecule is CCCNC(Cc1cc(C)cc(C)c1)Cc1cnn(C)c1. The van der Waals surface area contributed by atoms with Crippen LogP contribution in [-0.4, -0.2) is 22.4 Å². The van der Waals surface area contributed by atoms with Crippen molar-refractivity contribution in [2.24, 2.45) is 7.05 Å². The summed E-state index contributed by atoms with van der Waals surface area (Å²) in [6, 6.07) is 7.31. The monoisotopic (exact) mass is 285 g/mol. The topological polar surface area (TPSA) is 29.9 Å². The Hall–Kier alpha value is -1.61. The maximum Gasteiger partial charge on any atom is 0.0522 e. The molecule has 1 aromatic carbocycles. The lowest BCUT2D eigenvalue weighted by Crippen LogP contribution is -2.33. The number of aryl methyl sites for hydroxylation is 3. The molecule has 3 nitrogen and oxygen atoms in total. The third kappa shape index (κ3) is 5.01. The molecule has 0 saturated carbocycles. The second-order valence-electron chi connectivity index (χ2n) is 6.08. The van der Waals surface area contributed by atoms with Crippen LogP contribution in [-0.2, 0) is 19.9 Å². The molecule has 114 valence electrons. The summed E-state index contributed by atoms with van der Waals surface area (Å²) in [6.07, 6.45) is 7.35. The minimum atomic E-state index is 0.468. The van der Waals surface area contributed by atoms with Gasteiger partial charge in [0.25, 0.3) is 0 Å². The molecule has 1 unspecified atom stereocenters. The highest BCUT2D eigenvalue weighted by atomic mass is 15.2. The first-order chi connectivity index (χ1) is 10.1. The van der Waals surface area contributed by atoms with Gasteiger partial charge in [-0.05, 0) is 50.8 Å². The molecular weight excluding hydrogens is 258 g/mol. The van der Waals surface area contributed by atoms with E-state index in [-0.39, 0.29) is 0 Å². The van der Waals surface area contributed by atoms with Crippen molar-refractivity contribution in [2.75, 3.05) is 6.54 Å². The van der Waals surface area contributed by atoms with Crippen LogP contribution in [0.15, 0.2) is 30.6 Å². The molecule has 0 aliphatic heterocycles. The number of hydrogen-bond acceptors (Lipinski definition) is 2. The molecule has 21 heavy (non-hydrogen) atoms. The minimum absolute atomic E-state index is 0.468. The van der Waals surface area contributed by atoms with Gasteiger partial charge in [0.2, 0.25) is 0 Å². The second-order valence-corrected chi connectivity index (χ2v) is 6.08. The van der Waals surface area contributed by atoms with Gasteiger partial charge in [-0.15, -0.1) is 0 Å². The first kappa shape index (κ1) is 15.8. The second kappa shape index (κ2) is 7.41. The van der Waals surface area contributed by atoms with Gasteiger partial charge in [0, 0.05) is 19.3 Å². The van der Waals surface area contributed by atoms with Gasteiger partial charge in [0.05, 0.1) is 6.20 Å². The lowest BCUT2D eigenvalue weighted by atomic mass is 9.97. The van der Waals surface area contributed by atoms with Crippen molar-refractivity contribution in [3.8, 4) is 0 Å². The Morgan fingerprint density at radius 3 is 2.33 bits per heavy atom. The average Bonchev–Trinajstić information content (AvgIpc) is 2.80. The normalized spacial score (nSPS) is 12.6. The highest BCUT2D eigenvalue weighted by Crippen LogP contribution is 2.13. The van der Waals surface area contributed by atoms with Crippen molar-refractivity contribution in [1.29, 1.82) is 0 Å². The van der Waals surface area contributed by atoms with Crippen molar-refractivity contribution in [3.63, 3.8) is 0 Å². The Kier molecular flexibility index (Phi) is 5.57. The van der Waals surface area contributed by atoms with Crippen LogP contribution in [0.5, 0.6) is 0 Å². The number of nitrogens with one attached hydrogen (secondary N) is 1. The van der Waals surface area contributed by atoms with Crippen LogP contribution >= 0.6 is 0 Å². The van der Waals surface area contributed by atoms with Crippen LogP contribution in [0.1, 0.15) is 35.6 Å². The fourth-order valence-corrected chi connectivity index (χ4v) is 2.90. The number of benzene rings is 1. The van der Waals surface area contributed by atoms with Gasteiger partial charge < -0.3 is 5.32 Å². The summed E-state index contributed by atoms with van der Waals surface area (Å²) in [4.78, 5) is 0. The summed E-state index contributed by atoms with van der Waals surface area (Å²) >= 11 is 0. The maximum atomic E-state index is 4.27. The molecule has 0 aliphatic rings. The molecule has 0 fully saturated rings. The molecule has 1 atom stereocenters. The summed E-state index contributed by atoms with van der Waals surface area (Å²) in [6.45, 7) is 7.62. The lowest BCUT2D eigenvalue weighted by molar-refractivity contribution is 0.504. The molecule has 1 N–H and O–H groups in total. The minimum Gasteiger partial charge on any atom is -0.313 e. The molecule has 0 saturated heterocycles. The van der Waals surface area contributed by atoms with E-state index >= 15 is 0 Å². The third-order valence-electron chi connectivity index (χ3n) is 3.69. The molecule has 2 rings (SSSR count). The van der Waals surface area contributed by atoms with Gasteiger partial charge in [-0.1, -0.05) is 36.2 Å². The smallest absolute Gasteiger partial charge is 0.0522 e. The van der Waals surface area contributed by atoms with Crippen LogP contribution in [0.3, 0.4) is 0 Å². The lowest BCUT2D eigenvalue weighted by Gasteiger charge is -2.18. The number of nitrogens with zero attached hydrogens (tertiary/aromatic N) is 2. The van der Waals surface area contributed by atoms with Crippen molar-refractivity contribution < 1.29 is 0 Å². The van der Waals surface area contributed by atoms with E-state index < -0.39 is 0 Å². The fraction of sp³-hybridized carbons (Fsp3) is 0.500. The van der Waals surface area contributed by atoms with E-state index in [1.165, 1.54) is 22.3 Å². The fourth-order valence-electron chi connectivity index (χ4n) is 2.90. The quantitative estimate of drug-likeness (QED) is 0.846. The highest BCUT2D eigenvalue weighted by molar-refractivity contribution is 5.29. The van der Waals surface area contributed by atoms with E-state index in [2.05, 4.69) is 55.6 Å². The summed E-state index contributed by atoms with van der Waals surface area (Å²) in [5.41, 5.74) is 5.42. The van der Waals surface area contributed by atoms with Crippen LogP contribution in [0.2, 0.25) is 0 Å². The van der Waals surface area contributed by atoms with Crippen LogP contribution in [0.4, 0.5) is 0 Å². The summed E-state index contributed by atoms with van der Waals surface area (Å²) in [5, 5.41) is 7.95. The van der Waals surface area contributed by atoms with E-state index in [4.69, 9.17) is 0 Å². The van der Waals surface area contributed by atoms with Crippen molar-refractivity contribution in [1.82, 2.24) is 15.1 Å². The van der Waals surface area contributed by atoms with Gasteiger partial charge in [-0.2, -0.15) is 5.10 Å². The Morgan fingerprint density at radius 1 is 1.10 bits per heavy atom. The third-order valence-corrected chi connectivity index (χ3v) is 3.69. The molecule has 0 spiro atoms. The van der Waals surface area contributed by atoms with Gasteiger partial charge in [-0.3, -0.25) is 4.68 Å². The highest BCUT2D eigenvalue weighted by Gasteiger charge is 2.11. The molecule has 0 amide bonds. The number of hydrogen-bond donors (Lipinski definition) is 1. The maximum absolute atomic E-state index is 4.27. The Labute approximate surface area is 128 Å². The first-order valence-electron chi connectivity index (χ1n) is 7.85. The number of rotatable bonds is 7. The molecular formula is C18H27N3. The average molecular weight is 285 g/mol. The van der Waals surface area contributed by atoms with Gasteiger partial charge in [-0.25, -0.2) is 0 Å². The van der Waals surface area contributed by atoms with E-state index in [0.29, 0.717) is 6.04 Å². The molecule has 1 heterocycles. The Morgan fingerprint density at radius 2 is 1.76 bits per heavy atom.